The van der Waals surface area contributed by atoms with Crippen LogP contribution in [0.4, 0.5) is 0 Å². The third kappa shape index (κ3) is 2.81. The molecule has 1 aromatic rings. The van der Waals surface area contributed by atoms with Crippen molar-refractivity contribution >= 4 is 0 Å². The lowest BCUT2D eigenvalue weighted by Crippen LogP contribution is -2.27. The monoisotopic (exact) mass is 207 g/mol. The van der Waals surface area contributed by atoms with Crippen molar-refractivity contribution < 1.29 is 0 Å². The van der Waals surface area contributed by atoms with Crippen LogP contribution in [0.2, 0.25) is 0 Å². The molecule has 0 aromatic carbocycles. The van der Waals surface area contributed by atoms with Gasteiger partial charge in [-0.05, 0) is 31.4 Å². The fraction of sp³-hybridized carbons (Fsp3) is 0.750. The predicted octanol–water partition coefficient (Wildman–Crippen LogP) is 2.35. The summed E-state index contributed by atoms with van der Waals surface area (Å²) in [5, 5.41) is 8.15. The lowest BCUT2D eigenvalue weighted by molar-refractivity contribution is 0.396. The first-order valence-electron chi connectivity index (χ1n) is 6.02. The van der Waals surface area contributed by atoms with E-state index in [0.29, 0.717) is 12.0 Å². The Labute approximate surface area is 91.9 Å². The number of nitrogens with zero attached hydrogens (tertiary/aromatic N) is 2. The van der Waals surface area contributed by atoms with Crippen LogP contribution in [0.3, 0.4) is 0 Å². The van der Waals surface area contributed by atoms with Gasteiger partial charge in [-0.15, -0.1) is 0 Å². The first-order valence-corrected chi connectivity index (χ1v) is 6.02. The number of hydrogen-bond acceptors (Lipinski definition) is 2. The molecule has 0 aliphatic carbocycles. The average molecular weight is 207 g/mol. The van der Waals surface area contributed by atoms with E-state index in [1.54, 1.807) is 0 Å². The number of piperidine rings is 1. The van der Waals surface area contributed by atoms with Crippen LogP contribution in [-0.4, -0.2) is 16.3 Å². The molecule has 0 spiro atoms. The molecule has 1 aromatic heterocycles. The van der Waals surface area contributed by atoms with Crippen molar-refractivity contribution in [1.29, 1.82) is 0 Å². The third-order valence-electron chi connectivity index (χ3n) is 2.88. The summed E-state index contributed by atoms with van der Waals surface area (Å²) < 4.78 is 2.07. The molecule has 0 radical (unpaired) electrons. The number of nitrogens with one attached hydrogen (secondary N) is 1. The summed E-state index contributed by atoms with van der Waals surface area (Å²) in [7, 11) is 0. The molecule has 3 nitrogen and oxygen atoms in total. The van der Waals surface area contributed by atoms with Gasteiger partial charge in [-0.3, -0.25) is 4.68 Å². The Morgan fingerprint density at radius 1 is 1.53 bits per heavy atom. The van der Waals surface area contributed by atoms with E-state index in [9.17, 15) is 0 Å². The predicted molar refractivity (Wildman–Crippen MR) is 61.7 cm³/mol. The summed E-state index contributed by atoms with van der Waals surface area (Å²) >= 11 is 0. The minimum Gasteiger partial charge on any atom is -0.309 e. The van der Waals surface area contributed by atoms with Gasteiger partial charge in [0.05, 0.1) is 11.7 Å². The highest BCUT2D eigenvalue weighted by atomic mass is 15.3. The summed E-state index contributed by atoms with van der Waals surface area (Å²) in [6.07, 6.45) is 5.97. The van der Waals surface area contributed by atoms with Crippen LogP contribution in [0.15, 0.2) is 12.3 Å². The standard InChI is InChI=1S/C12H21N3/c1-10(2)9-15-8-6-12(14-15)11-5-3-4-7-13-11/h6,8,10-11,13H,3-5,7,9H2,1-2H3. The van der Waals surface area contributed by atoms with Gasteiger partial charge in [0.2, 0.25) is 0 Å². The Hall–Kier alpha value is -0.830. The molecule has 1 unspecified atom stereocenters. The van der Waals surface area contributed by atoms with Crippen LogP contribution in [-0.2, 0) is 6.54 Å². The number of hydrogen-bond donors (Lipinski definition) is 1. The van der Waals surface area contributed by atoms with E-state index in [1.807, 2.05) is 0 Å². The molecule has 3 heteroatoms. The third-order valence-corrected chi connectivity index (χ3v) is 2.88. The van der Waals surface area contributed by atoms with E-state index < -0.39 is 0 Å². The molecule has 1 N–H and O–H groups in total. The maximum absolute atomic E-state index is 4.63. The molecule has 1 saturated heterocycles. The average Bonchev–Trinajstić information content (AvgIpc) is 2.67. The summed E-state index contributed by atoms with van der Waals surface area (Å²) in [5.41, 5.74) is 1.22. The first kappa shape index (κ1) is 10.7. The molecule has 0 saturated carbocycles. The SMILES string of the molecule is CC(C)Cn1ccc(C2CCCCN2)n1. The van der Waals surface area contributed by atoms with E-state index >= 15 is 0 Å². The maximum atomic E-state index is 4.63. The van der Waals surface area contributed by atoms with Gasteiger partial charge in [0, 0.05) is 12.7 Å². The highest BCUT2D eigenvalue weighted by molar-refractivity contribution is 5.06. The van der Waals surface area contributed by atoms with Gasteiger partial charge in [-0.1, -0.05) is 20.3 Å². The Bertz CT molecular complexity index is 298. The zero-order valence-corrected chi connectivity index (χ0v) is 9.74. The zero-order chi connectivity index (χ0) is 10.7. The van der Waals surface area contributed by atoms with Crippen molar-refractivity contribution in [2.24, 2.45) is 5.92 Å². The molecular formula is C12H21N3. The van der Waals surface area contributed by atoms with E-state index in [-0.39, 0.29) is 0 Å². The lowest BCUT2D eigenvalue weighted by Gasteiger charge is -2.21. The summed E-state index contributed by atoms with van der Waals surface area (Å²) in [4.78, 5) is 0. The minimum absolute atomic E-state index is 0.493. The van der Waals surface area contributed by atoms with E-state index in [4.69, 9.17) is 0 Å². The summed E-state index contributed by atoms with van der Waals surface area (Å²) in [6.45, 7) is 6.61. The van der Waals surface area contributed by atoms with E-state index in [2.05, 4.69) is 41.2 Å². The number of rotatable bonds is 3. The molecule has 0 amide bonds. The Kier molecular flexibility index (Phi) is 3.41. The second-order valence-electron chi connectivity index (χ2n) is 4.86. The molecular weight excluding hydrogens is 186 g/mol. The summed E-state index contributed by atoms with van der Waals surface area (Å²) in [6, 6.07) is 2.65. The van der Waals surface area contributed by atoms with Crippen LogP contribution >= 0.6 is 0 Å². The minimum atomic E-state index is 0.493. The second kappa shape index (κ2) is 4.79. The topological polar surface area (TPSA) is 29.9 Å². The Morgan fingerprint density at radius 2 is 2.40 bits per heavy atom. The molecule has 15 heavy (non-hydrogen) atoms. The largest absolute Gasteiger partial charge is 0.309 e. The fourth-order valence-electron chi connectivity index (χ4n) is 2.14. The van der Waals surface area contributed by atoms with Crippen molar-refractivity contribution in [2.45, 2.75) is 45.7 Å². The smallest absolute Gasteiger partial charge is 0.0793 e. The molecule has 0 bridgehead atoms. The van der Waals surface area contributed by atoms with Gasteiger partial charge < -0.3 is 5.32 Å². The van der Waals surface area contributed by atoms with Gasteiger partial charge in [0.25, 0.3) is 0 Å². The van der Waals surface area contributed by atoms with Crippen LogP contribution in [0.5, 0.6) is 0 Å². The van der Waals surface area contributed by atoms with Gasteiger partial charge in [0.1, 0.15) is 0 Å². The van der Waals surface area contributed by atoms with Gasteiger partial charge >= 0.3 is 0 Å². The molecule has 84 valence electrons. The fourth-order valence-corrected chi connectivity index (χ4v) is 2.14. The highest BCUT2D eigenvalue weighted by Crippen LogP contribution is 2.21. The molecule has 1 aliphatic rings. The van der Waals surface area contributed by atoms with Gasteiger partial charge in [0.15, 0.2) is 0 Å². The molecule has 1 fully saturated rings. The zero-order valence-electron chi connectivity index (χ0n) is 9.74. The van der Waals surface area contributed by atoms with Crippen LogP contribution in [0, 0.1) is 5.92 Å². The quantitative estimate of drug-likeness (QED) is 0.824. The number of aromatic nitrogens is 2. The van der Waals surface area contributed by atoms with Crippen LogP contribution in [0.1, 0.15) is 44.8 Å². The van der Waals surface area contributed by atoms with Crippen molar-refractivity contribution in [3.05, 3.63) is 18.0 Å². The van der Waals surface area contributed by atoms with Crippen molar-refractivity contribution in [3.63, 3.8) is 0 Å². The summed E-state index contributed by atoms with van der Waals surface area (Å²) in [5.74, 6) is 0.664. The second-order valence-corrected chi connectivity index (χ2v) is 4.86. The molecule has 1 atom stereocenters. The van der Waals surface area contributed by atoms with Gasteiger partial charge in [-0.2, -0.15) is 5.10 Å². The lowest BCUT2D eigenvalue weighted by atomic mass is 10.0. The maximum Gasteiger partial charge on any atom is 0.0793 e. The Morgan fingerprint density at radius 3 is 3.07 bits per heavy atom. The first-order chi connectivity index (χ1) is 7.25. The van der Waals surface area contributed by atoms with Crippen LogP contribution in [0.25, 0.3) is 0 Å². The van der Waals surface area contributed by atoms with Crippen molar-refractivity contribution in [1.82, 2.24) is 15.1 Å². The van der Waals surface area contributed by atoms with Crippen molar-refractivity contribution in [2.75, 3.05) is 6.54 Å². The normalized spacial score (nSPS) is 22.2. The van der Waals surface area contributed by atoms with E-state index in [0.717, 1.165) is 13.1 Å². The molecule has 2 rings (SSSR count). The highest BCUT2D eigenvalue weighted by Gasteiger charge is 2.16. The Balaban J connectivity index is 1.99. The van der Waals surface area contributed by atoms with E-state index in [1.165, 1.54) is 25.0 Å². The molecule has 1 aliphatic heterocycles. The van der Waals surface area contributed by atoms with Crippen LogP contribution < -0.4 is 5.32 Å². The van der Waals surface area contributed by atoms with Crippen molar-refractivity contribution in [3.8, 4) is 0 Å². The molecule has 2 heterocycles. The van der Waals surface area contributed by atoms with Gasteiger partial charge in [-0.25, -0.2) is 0 Å².